The predicted octanol–water partition coefficient (Wildman–Crippen LogP) is 1.21. The maximum atomic E-state index is 5.23. The van der Waals surface area contributed by atoms with Gasteiger partial charge in [-0.3, -0.25) is 0 Å². The van der Waals surface area contributed by atoms with E-state index < -0.39 is 0 Å². The zero-order valence-corrected chi connectivity index (χ0v) is 16.3. The summed E-state index contributed by atoms with van der Waals surface area (Å²) in [6.45, 7) is 8.26. The molecule has 0 fully saturated rings. The Hall–Kier alpha value is -2.18. The second-order valence-corrected chi connectivity index (χ2v) is 5.57. The number of allylic oxidation sites excluding steroid dienone is 3. The Bertz CT molecular complexity index is 472. The van der Waals surface area contributed by atoms with Gasteiger partial charge in [0, 0.05) is 46.2 Å². The van der Waals surface area contributed by atoms with Crippen LogP contribution in [0.15, 0.2) is 60.3 Å². The van der Waals surface area contributed by atoms with E-state index in [0.29, 0.717) is 13.2 Å². The lowest BCUT2D eigenvalue weighted by atomic mass is 10.1. The second kappa shape index (κ2) is 15.4. The monoisotopic (exact) mass is 349 g/mol. The summed E-state index contributed by atoms with van der Waals surface area (Å²) in [6.07, 6.45) is 11.8. The minimum absolute atomic E-state index is 0.0140. The Morgan fingerprint density at radius 3 is 2.44 bits per heavy atom. The Labute approximate surface area is 153 Å². The van der Waals surface area contributed by atoms with Crippen LogP contribution in [-0.4, -0.2) is 54.0 Å². The van der Waals surface area contributed by atoms with Crippen molar-refractivity contribution in [2.45, 2.75) is 13.0 Å². The van der Waals surface area contributed by atoms with Crippen LogP contribution in [0, 0.1) is 0 Å². The van der Waals surface area contributed by atoms with E-state index in [1.165, 1.54) is 0 Å². The van der Waals surface area contributed by atoms with Crippen molar-refractivity contribution in [1.29, 1.82) is 0 Å². The second-order valence-electron chi connectivity index (χ2n) is 5.57. The topological polar surface area (TPSA) is 69.4 Å². The van der Waals surface area contributed by atoms with Crippen LogP contribution < -0.4 is 26.6 Å². The number of ether oxygens (including phenoxy) is 1. The third kappa shape index (κ3) is 11.9. The molecule has 0 aliphatic rings. The number of hydrogen-bond donors (Lipinski definition) is 5. The van der Waals surface area contributed by atoms with Crippen molar-refractivity contribution in [1.82, 2.24) is 26.6 Å². The van der Waals surface area contributed by atoms with Crippen LogP contribution in [0.1, 0.15) is 6.92 Å². The van der Waals surface area contributed by atoms with Crippen molar-refractivity contribution >= 4 is 0 Å². The molecule has 1 unspecified atom stereocenters. The van der Waals surface area contributed by atoms with E-state index in [4.69, 9.17) is 4.74 Å². The molecule has 6 nitrogen and oxygen atoms in total. The zero-order valence-electron chi connectivity index (χ0n) is 16.3. The normalized spacial score (nSPS) is 14.0. The van der Waals surface area contributed by atoms with E-state index in [2.05, 4.69) is 39.2 Å². The molecule has 5 N–H and O–H groups in total. The summed E-state index contributed by atoms with van der Waals surface area (Å²) in [4.78, 5) is 0. The first kappa shape index (κ1) is 22.8. The van der Waals surface area contributed by atoms with Crippen molar-refractivity contribution in [3.8, 4) is 0 Å². The fourth-order valence-corrected chi connectivity index (χ4v) is 2.03. The molecule has 25 heavy (non-hydrogen) atoms. The van der Waals surface area contributed by atoms with E-state index in [1.54, 1.807) is 7.11 Å². The lowest BCUT2D eigenvalue weighted by Crippen LogP contribution is -2.31. The third-order valence-electron chi connectivity index (χ3n) is 3.27. The van der Waals surface area contributed by atoms with Crippen LogP contribution in [0.3, 0.4) is 0 Å². The minimum atomic E-state index is 0.0140. The van der Waals surface area contributed by atoms with Crippen LogP contribution >= 0.6 is 0 Å². The summed E-state index contributed by atoms with van der Waals surface area (Å²) in [5.74, 6) is 0. The van der Waals surface area contributed by atoms with E-state index >= 15 is 0 Å². The Morgan fingerprint density at radius 2 is 1.84 bits per heavy atom. The van der Waals surface area contributed by atoms with Crippen molar-refractivity contribution in [3.05, 3.63) is 60.3 Å². The highest BCUT2D eigenvalue weighted by Gasteiger charge is 2.07. The molecule has 1 atom stereocenters. The maximum Gasteiger partial charge on any atom is 0.0702 e. The average Bonchev–Trinajstić information content (AvgIpc) is 2.59. The molecule has 0 aromatic carbocycles. The molecule has 6 heteroatoms. The predicted molar refractivity (Wildman–Crippen MR) is 108 cm³/mol. The smallest absolute Gasteiger partial charge is 0.0702 e. The minimum Gasteiger partial charge on any atom is -0.394 e. The van der Waals surface area contributed by atoms with Gasteiger partial charge in [-0.15, -0.1) is 0 Å². The molecule has 0 amide bonds. The molecule has 0 heterocycles. The first-order chi connectivity index (χ1) is 12.1. The Kier molecular flexibility index (Phi) is 14.0. The van der Waals surface area contributed by atoms with Gasteiger partial charge in [0.2, 0.25) is 0 Å². The highest BCUT2D eigenvalue weighted by molar-refractivity contribution is 5.22. The van der Waals surface area contributed by atoms with Crippen LogP contribution in [0.25, 0.3) is 0 Å². The van der Waals surface area contributed by atoms with Crippen molar-refractivity contribution in [2.24, 2.45) is 0 Å². The molecule has 0 saturated heterocycles. The summed E-state index contributed by atoms with van der Waals surface area (Å²) >= 11 is 0. The quantitative estimate of drug-likeness (QED) is 0.240. The SMILES string of the molecule is C=C(CN/C(C)=C/NC)C(/C=C\C=C/NC)N/C=C(\CNC)COC. The summed E-state index contributed by atoms with van der Waals surface area (Å²) in [5.41, 5.74) is 3.24. The summed E-state index contributed by atoms with van der Waals surface area (Å²) in [5, 5.41) is 15.9. The van der Waals surface area contributed by atoms with Gasteiger partial charge < -0.3 is 31.3 Å². The molecule has 0 radical (unpaired) electrons. The van der Waals surface area contributed by atoms with Crippen LogP contribution in [0.5, 0.6) is 0 Å². The lowest BCUT2D eigenvalue weighted by molar-refractivity contribution is 0.223. The van der Waals surface area contributed by atoms with Crippen LogP contribution in [0.2, 0.25) is 0 Å². The van der Waals surface area contributed by atoms with Gasteiger partial charge >= 0.3 is 0 Å². The van der Waals surface area contributed by atoms with E-state index in [-0.39, 0.29) is 6.04 Å². The molecule has 0 aliphatic carbocycles. The number of nitrogens with one attached hydrogen (secondary N) is 5. The van der Waals surface area contributed by atoms with Gasteiger partial charge in [0.05, 0.1) is 12.6 Å². The highest BCUT2D eigenvalue weighted by Crippen LogP contribution is 2.04. The van der Waals surface area contributed by atoms with Gasteiger partial charge in [-0.2, -0.15) is 0 Å². The highest BCUT2D eigenvalue weighted by atomic mass is 16.5. The first-order valence-electron chi connectivity index (χ1n) is 8.42. The molecule has 0 bridgehead atoms. The standard InChI is InChI=1S/C19H35N5O/c1-16(11-23-17(2)12-21-4)19(9-7-8-10-20-3)24-14-18(13-22-5)15-25-6/h7-10,12,14,19-24H,1,11,13,15H2,2-6H3/b9-7-,10-8-,17-12+,18-14+. The van der Waals surface area contributed by atoms with Gasteiger partial charge in [-0.05, 0) is 43.6 Å². The molecule has 0 aromatic heterocycles. The number of rotatable bonds is 14. The van der Waals surface area contributed by atoms with E-state index in [9.17, 15) is 0 Å². The van der Waals surface area contributed by atoms with Gasteiger partial charge in [-0.25, -0.2) is 0 Å². The fourth-order valence-electron chi connectivity index (χ4n) is 2.03. The van der Waals surface area contributed by atoms with Gasteiger partial charge in [-0.1, -0.05) is 18.7 Å². The molecule has 0 aromatic rings. The van der Waals surface area contributed by atoms with Crippen LogP contribution in [0.4, 0.5) is 0 Å². The molecule has 0 rings (SSSR count). The van der Waals surface area contributed by atoms with Gasteiger partial charge in [0.1, 0.15) is 0 Å². The van der Waals surface area contributed by atoms with Crippen molar-refractivity contribution in [2.75, 3.05) is 47.9 Å². The fraction of sp³-hybridized carbons (Fsp3) is 0.474. The first-order valence-corrected chi connectivity index (χ1v) is 8.42. The molecule has 0 saturated carbocycles. The van der Waals surface area contributed by atoms with E-state index in [1.807, 2.05) is 58.8 Å². The molecular formula is C19H35N5O. The lowest BCUT2D eigenvalue weighted by Gasteiger charge is -2.19. The third-order valence-corrected chi connectivity index (χ3v) is 3.27. The van der Waals surface area contributed by atoms with Gasteiger partial charge in [0.15, 0.2) is 0 Å². The summed E-state index contributed by atoms with van der Waals surface area (Å²) in [7, 11) is 7.37. The molecule has 0 spiro atoms. The Balaban J connectivity index is 4.97. The van der Waals surface area contributed by atoms with Crippen molar-refractivity contribution in [3.63, 3.8) is 0 Å². The molecule has 0 aliphatic heterocycles. The zero-order chi connectivity index (χ0) is 18.9. The summed E-state index contributed by atoms with van der Waals surface area (Å²) in [6, 6.07) is 0.0140. The average molecular weight is 350 g/mol. The molecular weight excluding hydrogens is 314 g/mol. The maximum absolute atomic E-state index is 5.23. The number of methoxy groups -OCH3 is 1. The number of likely N-dealkylation sites (N-methyl/N-ethyl adjacent to an activating group) is 1. The Morgan fingerprint density at radius 1 is 1.08 bits per heavy atom. The molecule has 142 valence electrons. The largest absolute Gasteiger partial charge is 0.394 e. The number of hydrogen-bond acceptors (Lipinski definition) is 6. The van der Waals surface area contributed by atoms with Crippen molar-refractivity contribution < 1.29 is 4.74 Å². The van der Waals surface area contributed by atoms with Gasteiger partial charge in [0.25, 0.3) is 0 Å². The van der Waals surface area contributed by atoms with Crippen LogP contribution in [-0.2, 0) is 4.74 Å². The summed E-state index contributed by atoms with van der Waals surface area (Å²) < 4.78 is 5.23. The van der Waals surface area contributed by atoms with E-state index in [0.717, 1.165) is 23.4 Å².